The topological polar surface area (TPSA) is 81.9 Å². The van der Waals surface area contributed by atoms with Crippen molar-refractivity contribution in [2.75, 3.05) is 18.6 Å². The van der Waals surface area contributed by atoms with Gasteiger partial charge in [-0.25, -0.2) is 4.98 Å². The van der Waals surface area contributed by atoms with Gasteiger partial charge in [0.1, 0.15) is 11.4 Å². The predicted octanol–water partition coefficient (Wildman–Crippen LogP) is 6.02. The number of methoxy groups -OCH3 is 1. The van der Waals surface area contributed by atoms with E-state index in [1.165, 1.54) is 11.1 Å². The Morgan fingerprint density at radius 1 is 1.08 bits per heavy atom. The van der Waals surface area contributed by atoms with Crippen LogP contribution in [0.25, 0.3) is 11.0 Å². The van der Waals surface area contributed by atoms with E-state index in [0.29, 0.717) is 51.4 Å². The highest BCUT2D eigenvalue weighted by Gasteiger charge is 2.44. The maximum Gasteiger partial charge on any atom is 0.296 e. The Balaban J connectivity index is 1.67. The fraction of sp³-hybridized carbons (Fsp3) is 0.250. The van der Waals surface area contributed by atoms with Crippen molar-refractivity contribution in [1.29, 1.82) is 0 Å². The molecule has 5 rings (SSSR count). The molecule has 1 unspecified atom stereocenters. The van der Waals surface area contributed by atoms with Crippen LogP contribution in [0.2, 0.25) is 5.02 Å². The zero-order valence-electron chi connectivity index (χ0n) is 20.2. The van der Waals surface area contributed by atoms with Crippen LogP contribution >= 0.6 is 11.6 Å². The summed E-state index contributed by atoms with van der Waals surface area (Å²) in [7, 11) is 1.56. The number of carbonyl (C=O) groups is 1. The Morgan fingerprint density at radius 3 is 2.61 bits per heavy atom. The number of benzene rings is 2. The Hall–Kier alpha value is -3.84. The van der Waals surface area contributed by atoms with Crippen LogP contribution in [0.3, 0.4) is 0 Å². The molecular weight excluding hydrogens is 480 g/mol. The van der Waals surface area contributed by atoms with E-state index in [4.69, 9.17) is 25.5 Å². The second-order valence-corrected chi connectivity index (χ2v) is 9.46. The van der Waals surface area contributed by atoms with E-state index in [2.05, 4.69) is 18.8 Å². The van der Waals surface area contributed by atoms with Crippen molar-refractivity contribution >= 4 is 34.3 Å². The smallest absolute Gasteiger partial charge is 0.296 e. The number of carbonyl (C=O) groups excluding carboxylic acids is 1. The maximum absolute atomic E-state index is 13.7. The van der Waals surface area contributed by atoms with E-state index in [9.17, 15) is 9.59 Å². The molecule has 1 atom stereocenters. The van der Waals surface area contributed by atoms with Crippen molar-refractivity contribution in [3.05, 3.63) is 92.9 Å². The number of para-hydroxylation sites is 1. The lowest BCUT2D eigenvalue weighted by molar-refractivity contribution is 0.0970. The number of hydrogen-bond acceptors (Lipinski definition) is 6. The van der Waals surface area contributed by atoms with Crippen molar-refractivity contribution in [2.24, 2.45) is 5.92 Å². The van der Waals surface area contributed by atoms with E-state index in [1.54, 1.807) is 55.6 Å². The Bertz CT molecular complexity index is 1500. The van der Waals surface area contributed by atoms with E-state index in [-0.39, 0.29) is 16.8 Å². The number of amides is 1. The summed E-state index contributed by atoms with van der Waals surface area (Å²) in [5.74, 6) is 1.49. The highest BCUT2D eigenvalue weighted by atomic mass is 35.5. The Morgan fingerprint density at radius 2 is 1.89 bits per heavy atom. The number of rotatable bonds is 7. The molecule has 1 amide bonds. The molecule has 7 nitrogen and oxygen atoms in total. The van der Waals surface area contributed by atoms with Gasteiger partial charge in [-0.15, -0.1) is 0 Å². The first-order valence-corrected chi connectivity index (χ1v) is 12.1. The summed E-state index contributed by atoms with van der Waals surface area (Å²) in [5.41, 5.74) is 1.00. The average Bonchev–Trinajstić information content (AvgIpc) is 3.17. The quantitative estimate of drug-likeness (QED) is 0.306. The van der Waals surface area contributed by atoms with Crippen molar-refractivity contribution in [3.63, 3.8) is 0 Å². The van der Waals surface area contributed by atoms with Gasteiger partial charge in [-0.05, 0) is 54.3 Å². The molecular formula is C28H25ClN2O5. The number of halogens is 1. The Labute approximate surface area is 213 Å². The fourth-order valence-electron chi connectivity index (χ4n) is 4.36. The van der Waals surface area contributed by atoms with Crippen LogP contribution in [0.1, 0.15) is 48.0 Å². The third kappa shape index (κ3) is 4.20. The number of ether oxygens (including phenoxy) is 2. The number of nitrogens with zero attached hydrogens (tertiary/aromatic N) is 2. The van der Waals surface area contributed by atoms with Gasteiger partial charge in [-0.2, -0.15) is 0 Å². The molecule has 4 aromatic rings. The molecule has 0 N–H and O–H groups in total. The summed E-state index contributed by atoms with van der Waals surface area (Å²) in [5, 5.41) is 0.838. The lowest BCUT2D eigenvalue weighted by atomic mass is 9.98. The molecule has 0 saturated heterocycles. The standard InChI is InChI=1S/C28H25ClN2O5/c1-16(2)12-13-35-21-10-8-17(14-22(21)34-3)25-24-26(32)19-6-4-5-7-20(19)36-27(24)28(33)31(25)23-11-9-18(29)15-30-23/h4-11,14-16,25H,12-13H2,1-3H3. The van der Waals surface area contributed by atoms with Gasteiger partial charge in [0.25, 0.3) is 5.91 Å². The van der Waals surface area contributed by atoms with Crippen LogP contribution in [0.5, 0.6) is 11.5 Å². The van der Waals surface area contributed by atoms with Gasteiger partial charge < -0.3 is 13.9 Å². The van der Waals surface area contributed by atoms with Gasteiger partial charge in [-0.3, -0.25) is 14.5 Å². The minimum Gasteiger partial charge on any atom is -0.493 e. The van der Waals surface area contributed by atoms with Gasteiger partial charge in [0.2, 0.25) is 5.76 Å². The second-order valence-electron chi connectivity index (χ2n) is 9.02. The van der Waals surface area contributed by atoms with E-state index in [1.807, 2.05) is 6.07 Å². The minimum absolute atomic E-state index is 0.00308. The molecule has 36 heavy (non-hydrogen) atoms. The highest BCUT2D eigenvalue weighted by molar-refractivity contribution is 6.30. The number of pyridine rings is 1. The van der Waals surface area contributed by atoms with Crippen molar-refractivity contribution in [3.8, 4) is 11.5 Å². The van der Waals surface area contributed by atoms with Crippen LogP contribution in [-0.2, 0) is 0 Å². The molecule has 0 saturated carbocycles. The summed E-state index contributed by atoms with van der Waals surface area (Å²) >= 11 is 6.05. The van der Waals surface area contributed by atoms with Crippen molar-refractivity contribution < 1.29 is 18.7 Å². The third-order valence-corrected chi connectivity index (χ3v) is 6.42. The molecule has 1 aliphatic heterocycles. The molecule has 0 fully saturated rings. The number of anilines is 1. The van der Waals surface area contributed by atoms with Crippen LogP contribution in [0.15, 0.2) is 70.0 Å². The summed E-state index contributed by atoms with van der Waals surface area (Å²) in [6.45, 7) is 4.81. The van der Waals surface area contributed by atoms with Gasteiger partial charge >= 0.3 is 0 Å². The SMILES string of the molecule is COc1cc(C2c3c(oc4ccccc4c3=O)C(=O)N2c2ccc(Cl)cn2)ccc1OCCC(C)C. The summed E-state index contributed by atoms with van der Waals surface area (Å²) in [6.07, 6.45) is 2.36. The molecule has 2 aromatic carbocycles. The van der Waals surface area contributed by atoms with Crippen molar-refractivity contribution in [1.82, 2.24) is 4.98 Å². The maximum atomic E-state index is 13.7. The molecule has 0 radical (unpaired) electrons. The molecule has 2 aromatic heterocycles. The zero-order chi connectivity index (χ0) is 25.4. The third-order valence-electron chi connectivity index (χ3n) is 6.19. The van der Waals surface area contributed by atoms with E-state index in [0.717, 1.165) is 6.42 Å². The average molecular weight is 505 g/mol. The van der Waals surface area contributed by atoms with Gasteiger partial charge in [-0.1, -0.05) is 43.6 Å². The molecule has 8 heteroatoms. The molecule has 0 bridgehead atoms. The monoisotopic (exact) mass is 504 g/mol. The van der Waals surface area contributed by atoms with Crippen LogP contribution in [0, 0.1) is 5.92 Å². The normalized spacial score (nSPS) is 15.0. The second kappa shape index (κ2) is 9.66. The first-order chi connectivity index (χ1) is 17.4. The van der Waals surface area contributed by atoms with Crippen LogP contribution in [0.4, 0.5) is 5.82 Å². The largest absolute Gasteiger partial charge is 0.493 e. The van der Waals surface area contributed by atoms with Gasteiger partial charge in [0.15, 0.2) is 16.9 Å². The van der Waals surface area contributed by atoms with Crippen LogP contribution < -0.4 is 19.8 Å². The van der Waals surface area contributed by atoms with E-state index >= 15 is 0 Å². The number of aromatic nitrogens is 1. The fourth-order valence-corrected chi connectivity index (χ4v) is 4.47. The summed E-state index contributed by atoms with van der Waals surface area (Å²) in [4.78, 5) is 33.1. The minimum atomic E-state index is -0.777. The molecule has 184 valence electrons. The molecule has 3 heterocycles. The van der Waals surface area contributed by atoms with Gasteiger partial charge in [0.05, 0.1) is 35.7 Å². The highest BCUT2D eigenvalue weighted by Crippen LogP contribution is 2.42. The van der Waals surface area contributed by atoms with Crippen LogP contribution in [-0.4, -0.2) is 24.6 Å². The first-order valence-electron chi connectivity index (χ1n) is 11.7. The number of fused-ring (bicyclic) bond motifs is 2. The summed E-state index contributed by atoms with van der Waals surface area (Å²) in [6, 6.07) is 14.8. The first kappa shape index (κ1) is 23.9. The lowest BCUT2D eigenvalue weighted by Gasteiger charge is -2.25. The Kier molecular flexibility index (Phi) is 6.41. The summed E-state index contributed by atoms with van der Waals surface area (Å²) < 4.78 is 17.5. The predicted molar refractivity (Wildman–Crippen MR) is 138 cm³/mol. The van der Waals surface area contributed by atoms with Gasteiger partial charge in [0, 0.05) is 6.20 Å². The number of hydrogen-bond donors (Lipinski definition) is 0. The lowest BCUT2D eigenvalue weighted by Crippen LogP contribution is -2.30. The molecule has 1 aliphatic rings. The van der Waals surface area contributed by atoms with Crippen molar-refractivity contribution in [2.45, 2.75) is 26.3 Å². The zero-order valence-corrected chi connectivity index (χ0v) is 20.9. The molecule has 0 aliphatic carbocycles. The van der Waals surface area contributed by atoms with E-state index < -0.39 is 11.9 Å². The molecule has 0 spiro atoms.